The molecule has 2 heterocycles. The minimum Gasteiger partial charge on any atom is -0.311 e. The highest BCUT2D eigenvalue weighted by molar-refractivity contribution is 6.06. The van der Waals surface area contributed by atoms with E-state index in [-0.39, 0.29) is 17.7 Å². The predicted octanol–water partition coefficient (Wildman–Crippen LogP) is 2.43. The number of para-hydroxylation sites is 1. The van der Waals surface area contributed by atoms with Gasteiger partial charge in [-0.15, -0.1) is 0 Å². The third-order valence-corrected chi connectivity index (χ3v) is 6.31. The summed E-state index contributed by atoms with van der Waals surface area (Å²) in [6.07, 6.45) is 2.33. The van der Waals surface area contributed by atoms with E-state index in [1.54, 1.807) is 0 Å². The van der Waals surface area contributed by atoms with E-state index in [2.05, 4.69) is 11.4 Å². The normalized spacial score (nSPS) is 36.8. The van der Waals surface area contributed by atoms with Crippen molar-refractivity contribution in [2.24, 2.45) is 16.2 Å². The van der Waals surface area contributed by atoms with Crippen LogP contribution in [0.4, 0.5) is 5.69 Å². The molecule has 2 atom stereocenters. The fourth-order valence-corrected chi connectivity index (χ4v) is 5.52. The SMILES string of the molecule is CC12CC(C)(CC(C)(C(=O)N3CCc4ccccc43)C1)C(=O)NC2=O. The topological polar surface area (TPSA) is 66.5 Å². The number of anilines is 1. The van der Waals surface area contributed by atoms with Gasteiger partial charge in [-0.2, -0.15) is 0 Å². The molecule has 1 aromatic carbocycles. The zero-order chi connectivity index (χ0) is 18.0. The van der Waals surface area contributed by atoms with Crippen molar-refractivity contribution in [3.05, 3.63) is 29.8 Å². The van der Waals surface area contributed by atoms with Crippen molar-refractivity contribution in [3.63, 3.8) is 0 Å². The van der Waals surface area contributed by atoms with Crippen molar-refractivity contribution in [3.8, 4) is 0 Å². The van der Waals surface area contributed by atoms with Crippen molar-refractivity contribution in [1.29, 1.82) is 0 Å². The molecule has 25 heavy (non-hydrogen) atoms. The van der Waals surface area contributed by atoms with Crippen LogP contribution in [0.15, 0.2) is 24.3 Å². The third kappa shape index (κ3) is 2.25. The van der Waals surface area contributed by atoms with Gasteiger partial charge >= 0.3 is 0 Å². The highest BCUT2D eigenvalue weighted by atomic mass is 16.2. The smallest absolute Gasteiger partial charge is 0.233 e. The van der Waals surface area contributed by atoms with Crippen LogP contribution in [0.2, 0.25) is 0 Å². The van der Waals surface area contributed by atoms with Gasteiger partial charge in [0.15, 0.2) is 0 Å². The van der Waals surface area contributed by atoms with Gasteiger partial charge < -0.3 is 4.90 Å². The van der Waals surface area contributed by atoms with E-state index in [1.165, 1.54) is 5.56 Å². The molecule has 0 radical (unpaired) electrons. The highest BCUT2D eigenvalue weighted by Gasteiger charge is 2.61. The molecule has 2 fully saturated rings. The zero-order valence-electron chi connectivity index (χ0n) is 15.0. The van der Waals surface area contributed by atoms with Gasteiger partial charge in [-0.05, 0) is 37.3 Å². The van der Waals surface area contributed by atoms with Crippen LogP contribution in [-0.4, -0.2) is 24.3 Å². The number of benzene rings is 1. The lowest BCUT2D eigenvalue weighted by Crippen LogP contribution is -2.63. The van der Waals surface area contributed by atoms with Gasteiger partial charge in [0.1, 0.15) is 0 Å². The van der Waals surface area contributed by atoms with Crippen molar-refractivity contribution in [2.45, 2.75) is 46.5 Å². The first-order valence-electron chi connectivity index (χ1n) is 8.93. The van der Waals surface area contributed by atoms with Crippen molar-refractivity contribution >= 4 is 23.4 Å². The molecule has 132 valence electrons. The molecular weight excluding hydrogens is 316 g/mol. The Hall–Kier alpha value is -2.17. The number of nitrogens with one attached hydrogen (secondary N) is 1. The van der Waals surface area contributed by atoms with Gasteiger partial charge in [0.05, 0.1) is 0 Å². The minimum atomic E-state index is -0.716. The summed E-state index contributed by atoms with van der Waals surface area (Å²) in [6, 6.07) is 7.97. The number of amides is 3. The van der Waals surface area contributed by atoms with Crippen LogP contribution >= 0.6 is 0 Å². The first-order valence-corrected chi connectivity index (χ1v) is 8.93. The van der Waals surface area contributed by atoms with Gasteiger partial charge in [0.25, 0.3) is 0 Å². The molecule has 3 aliphatic rings. The maximum absolute atomic E-state index is 13.5. The summed E-state index contributed by atoms with van der Waals surface area (Å²) >= 11 is 0. The van der Waals surface area contributed by atoms with E-state index in [9.17, 15) is 14.4 Å². The largest absolute Gasteiger partial charge is 0.311 e. The van der Waals surface area contributed by atoms with Crippen LogP contribution < -0.4 is 10.2 Å². The molecule has 1 saturated carbocycles. The average Bonchev–Trinajstić information content (AvgIpc) is 2.95. The van der Waals surface area contributed by atoms with Gasteiger partial charge in [-0.3, -0.25) is 19.7 Å². The van der Waals surface area contributed by atoms with E-state index < -0.39 is 16.2 Å². The number of hydrogen-bond acceptors (Lipinski definition) is 3. The number of nitrogens with zero attached hydrogens (tertiary/aromatic N) is 1. The van der Waals surface area contributed by atoms with Crippen LogP contribution in [0, 0.1) is 16.2 Å². The van der Waals surface area contributed by atoms with Crippen molar-refractivity contribution < 1.29 is 14.4 Å². The molecule has 2 aliphatic heterocycles. The second-order valence-corrected chi connectivity index (χ2v) is 8.83. The van der Waals surface area contributed by atoms with Crippen molar-refractivity contribution in [2.75, 3.05) is 11.4 Å². The maximum atomic E-state index is 13.5. The number of carbonyl (C=O) groups excluding carboxylic acids is 3. The highest BCUT2D eigenvalue weighted by Crippen LogP contribution is 2.57. The molecule has 0 spiro atoms. The predicted molar refractivity (Wildman–Crippen MR) is 93.8 cm³/mol. The summed E-state index contributed by atoms with van der Waals surface area (Å²) in [4.78, 5) is 40.3. The Labute approximate surface area is 147 Å². The lowest BCUT2D eigenvalue weighted by atomic mass is 9.52. The molecule has 4 rings (SSSR count). The second kappa shape index (κ2) is 4.93. The molecule has 2 bridgehead atoms. The van der Waals surface area contributed by atoms with E-state index in [0.29, 0.717) is 25.8 Å². The molecule has 2 unspecified atom stereocenters. The van der Waals surface area contributed by atoms with Crippen LogP contribution in [0.3, 0.4) is 0 Å². The number of rotatable bonds is 1. The average molecular weight is 340 g/mol. The second-order valence-electron chi connectivity index (χ2n) is 8.83. The summed E-state index contributed by atoms with van der Waals surface area (Å²) in [5, 5.41) is 2.52. The number of imide groups is 1. The summed E-state index contributed by atoms with van der Waals surface area (Å²) in [7, 11) is 0. The standard InChI is InChI=1S/C20H24N2O3/c1-18-10-19(2,16(24)21-15(18)23)12-20(3,11-18)17(25)22-9-8-13-6-4-5-7-14(13)22/h4-7H,8-12H2,1-3H3,(H,21,23,24). The number of hydrogen-bond donors (Lipinski definition) is 1. The lowest BCUT2D eigenvalue weighted by molar-refractivity contribution is -0.163. The molecule has 0 aromatic heterocycles. The van der Waals surface area contributed by atoms with E-state index in [0.717, 1.165) is 12.1 Å². The molecule has 1 N–H and O–H groups in total. The Balaban J connectivity index is 1.71. The van der Waals surface area contributed by atoms with Gasteiger partial charge in [-0.1, -0.05) is 39.0 Å². The van der Waals surface area contributed by atoms with Crippen LogP contribution in [0.5, 0.6) is 0 Å². The fourth-order valence-electron chi connectivity index (χ4n) is 5.52. The first-order chi connectivity index (χ1) is 11.7. The molecule has 5 nitrogen and oxygen atoms in total. The molecular formula is C20H24N2O3. The summed E-state index contributed by atoms with van der Waals surface area (Å²) in [5.74, 6) is -0.442. The molecule has 5 heteroatoms. The van der Waals surface area contributed by atoms with Gasteiger partial charge in [0.2, 0.25) is 17.7 Å². The van der Waals surface area contributed by atoms with E-state index in [1.807, 2.05) is 43.9 Å². The molecule has 1 aromatic rings. The minimum absolute atomic E-state index is 0.0390. The Morgan fingerprint density at radius 1 is 1.00 bits per heavy atom. The zero-order valence-corrected chi connectivity index (χ0v) is 15.0. The van der Waals surface area contributed by atoms with E-state index >= 15 is 0 Å². The first kappa shape index (κ1) is 16.3. The number of fused-ring (bicyclic) bond motifs is 3. The third-order valence-electron chi connectivity index (χ3n) is 6.31. The Bertz CT molecular complexity index is 774. The summed E-state index contributed by atoms with van der Waals surface area (Å²) in [6.45, 7) is 6.37. The summed E-state index contributed by atoms with van der Waals surface area (Å²) < 4.78 is 0. The quantitative estimate of drug-likeness (QED) is 0.799. The van der Waals surface area contributed by atoms with Gasteiger partial charge in [0, 0.05) is 28.5 Å². The Morgan fingerprint density at radius 3 is 2.24 bits per heavy atom. The monoisotopic (exact) mass is 340 g/mol. The number of piperidine rings is 1. The summed E-state index contributed by atoms with van der Waals surface area (Å²) in [5.41, 5.74) is 0.0825. The lowest BCUT2D eigenvalue weighted by Gasteiger charge is -2.53. The van der Waals surface area contributed by atoms with E-state index in [4.69, 9.17) is 0 Å². The van der Waals surface area contributed by atoms with Crippen molar-refractivity contribution in [1.82, 2.24) is 5.32 Å². The van der Waals surface area contributed by atoms with Crippen LogP contribution in [0.1, 0.15) is 45.6 Å². The van der Waals surface area contributed by atoms with Crippen LogP contribution in [0.25, 0.3) is 0 Å². The molecule has 3 amide bonds. The Kier molecular flexibility index (Phi) is 3.22. The number of carbonyl (C=O) groups is 3. The fraction of sp³-hybridized carbons (Fsp3) is 0.550. The Morgan fingerprint density at radius 2 is 1.60 bits per heavy atom. The van der Waals surface area contributed by atoms with Crippen LogP contribution in [-0.2, 0) is 20.8 Å². The molecule has 1 aliphatic carbocycles. The van der Waals surface area contributed by atoms with Gasteiger partial charge in [-0.25, -0.2) is 0 Å². The maximum Gasteiger partial charge on any atom is 0.233 e. The molecule has 1 saturated heterocycles.